The van der Waals surface area contributed by atoms with Crippen LogP contribution < -0.4 is 0 Å². The number of aliphatic hydroxyl groups excluding tert-OH is 1. The van der Waals surface area contributed by atoms with Crippen LogP contribution in [0.5, 0.6) is 0 Å². The molecule has 2 nitrogen and oxygen atoms in total. The molecule has 0 aliphatic rings. The van der Waals surface area contributed by atoms with E-state index in [9.17, 15) is 9.50 Å². The van der Waals surface area contributed by atoms with E-state index in [1.54, 1.807) is 13.0 Å². The second-order valence-electron chi connectivity index (χ2n) is 4.83. The number of halogens is 1. The van der Waals surface area contributed by atoms with Crippen LogP contribution in [0.3, 0.4) is 0 Å². The molecule has 92 valence electrons. The van der Waals surface area contributed by atoms with Crippen molar-refractivity contribution in [2.75, 3.05) is 0 Å². The van der Waals surface area contributed by atoms with E-state index < -0.39 is 6.10 Å². The van der Waals surface area contributed by atoms with Crippen molar-refractivity contribution in [2.45, 2.75) is 39.3 Å². The van der Waals surface area contributed by atoms with Crippen molar-refractivity contribution in [1.29, 1.82) is 0 Å². The van der Waals surface area contributed by atoms with Gasteiger partial charge in [-0.3, -0.25) is 0 Å². The number of para-hydroxylation sites is 1. The molecule has 1 aromatic heterocycles. The van der Waals surface area contributed by atoms with Crippen molar-refractivity contribution >= 4 is 10.9 Å². The third kappa shape index (κ3) is 2.20. The maximum Gasteiger partial charge on any atom is 0.147 e. The van der Waals surface area contributed by atoms with E-state index in [4.69, 9.17) is 0 Å². The normalized spacial score (nSPS) is 13.5. The number of rotatable bonds is 3. The first-order chi connectivity index (χ1) is 8.00. The van der Waals surface area contributed by atoms with Crippen molar-refractivity contribution < 1.29 is 9.50 Å². The van der Waals surface area contributed by atoms with Gasteiger partial charge in [0, 0.05) is 23.5 Å². The van der Waals surface area contributed by atoms with Gasteiger partial charge in [-0.15, -0.1) is 0 Å². The predicted octanol–water partition coefficient (Wildman–Crippen LogP) is 3.28. The van der Waals surface area contributed by atoms with E-state index in [0.717, 1.165) is 11.1 Å². The Kier molecular flexibility index (Phi) is 3.20. The van der Waals surface area contributed by atoms with Crippen LogP contribution in [0.4, 0.5) is 4.39 Å². The van der Waals surface area contributed by atoms with Gasteiger partial charge in [0.25, 0.3) is 0 Å². The molecule has 1 heterocycles. The average Bonchev–Trinajstić information content (AvgIpc) is 2.56. The van der Waals surface area contributed by atoms with Crippen LogP contribution in [0.2, 0.25) is 0 Å². The number of fused-ring (bicyclic) bond motifs is 1. The van der Waals surface area contributed by atoms with Crippen LogP contribution in [-0.4, -0.2) is 15.8 Å². The van der Waals surface area contributed by atoms with Crippen LogP contribution in [0.15, 0.2) is 24.3 Å². The molecule has 0 saturated heterocycles. The fourth-order valence-electron chi connectivity index (χ4n) is 2.35. The molecule has 1 aromatic carbocycles. The van der Waals surface area contributed by atoms with Gasteiger partial charge in [0.15, 0.2) is 0 Å². The van der Waals surface area contributed by atoms with E-state index >= 15 is 0 Å². The first-order valence-electron chi connectivity index (χ1n) is 5.97. The molecule has 2 rings (SSSR count). The summed E-state index contributed by atoms with van der Waals surface area (Å²) < 4.78 is 15.8. The molecule has 0 radical (unpaired) electrons. The van der Waals surface area contributed by atoms with Gasteiger partial charge in [-0.1, -0.05) is 12.1 Å². The minimum absolute atomic E-state index is 0.179. The molecule has 0 aliphatic carbocycles. The van der Waals surface area contributed by atoms with Crippen molar-refractivity contribution in [3.63, 3.8) is 0 Å². The van der Waals surface area contributed by atoms with Gasteiger partial charge in [0.2, 0.25) is 0 Å². The van der Waals surface area contributed by atoms with Crippen molar-refractivity contribution in [2.24, 2.45) is 0 Å². The second-order valence-corrected chi connectivity index (χ2v) is 4.83. The minimum Gasteiger partial charge on any atom is -0.393 e. The van der Waals surface area contributed by atoms with Gasteiger partial charge in [0.1, 0.15) is 5.82 Å². The highest BCUT2D eigenvalue weighted by atomic mass is 19.1. The molecule has 0 spiro atoms. The summed E-state index contributed by atoms with van der Waals surface area (Å²) in [4.78, 5) is 0. The smallest absolute Gasteiger partial charge is 0.147 e. The van der Waals surface area contributed by atoms with Gasteiger partial charge in [-0.05, 0) is 32.9 Å². The lowest BCUT2D eigenvalue weighted by molar-refractivity contribution is 0.192. The summed E-state index contributed by atoms with van der Waals surface area (Å²) >= 11 is 0. The van der Waals surface area contributed by atoms with E-state index in [1.165, 1.54) is 6.07 Å². The maximum atomic E-state index is 13.9. The zero-order valence-corrected chi connectivity index (χ0v) is 10.4. The Bertz CT molecular complexity index is 528. The Labute approximate surface area is 101 Å². The Morgan fingerprint density at radius 3 is 2.59 bits per heavy atom. The Morgan fingerprint density at radius 2 is 2.00 bits per heavy atom. The summed E-state index contributed by atoms with van der Waals surface area (Å²) in [6.45, 7) is 5.80. The van der Waals surface area contributed by atoms with Crippen LogP contribution in [0, 0.1) is 5.82 Å². The summed E-state index contributed by atoms with van der Waals surface area (Å²) in [6.07, 6.45) is 0.131. The lowest BCUT2D eigenvalue weighted by atomic mass is 10.2. The number of hydrogen-bond donors (Lipinski definition) is 1. The summed E-state index contributed by atoms with van der Waals surface area (Å²) in [7, 11) is 0. The van der Waals surface area contributed by atoms with Gasteiger partial charge >= 0.3 is 0 Å². The predicted molar refractivity (Wildman–Crippen MR) is 67.7 cm³/mol. The molecular formula is C14H18FNO. The summed E-state index contributed by atoms with van der Waals surface area (Å²) in [5.74, 6) is -0.201. The number of benzene rings is 1. The second kappa shape index (κ2) is 4.49. The highest BCUT2D eigenvalue weighted by Gasteiger charge is 2.15. The molecule has 1 atom stereocenters. The molecular weight excluding hydrogens is 217 g/mol. The average molecular weight is 235 g/mol. The Morgan fingerprint density at radius 1 is 1.29 bits per heavy atom. The zero-order chi connectivity index (χ0) is 12.6. The standard InChI is InChI=1S/C14H18FNO/c1-9(2)16-12(7-10(3)17)8-11-5-4-6-13(15)14(11)16/h4-6,8-10,17H,7H2,1-3H3. The highest BCUT2D eigenvalue weighted by Crippen LogP contribution is 2.27. The van der Waals surface area contributed by atoms with E-state index in [1.807, 2.05) is 30.5 Å². The first-order valence-corrected chi connectivity index (χ1v) is 5.97. The van der Waals surface area contributed by atoms with E-state index in [2.05, 4.69) is 0 Å². The molecule has 1 unspecified atom stereocenters. The van der Waals surface area contributed by atoms with Crippen LogP contribution in [0.1, 0.15) is 32.5 Å². The molecule has 17 heavy (non-hydrogen) atoms. The van der Waals surface area contributed by atoms with Crippen molar-refractivity contribution in [1.82, 2.24) is 4.57 Å². The van der Waals surface area contributed by atoms with Gasteiger partial charge in [-0.25, -0.2) is 4.39 Å². The topological polar surface area (TPSA) is 25.2 Å². The molecule has 0 fully saturated rings. The maximum absolute atomic E-state index is 13.9. The Balaban J connectivity index is 2.67. The zero-order valence-electron chi connectivity index (χ0n) is 10.4. The minimum atomic E-state index is -0.417. The van der Waals surface area contributed by atoms with Crippen molar-refractivity contribution in [3.05, 3.63) is 35.8 Å². The van der Waals surface area contributed by atoms with Crippen molar-refractivity contribution in [3.8, 4) is 0 Å². The molecule has 0 aliphatic heterocycles. The highest BCUT2D eigenvalue weighted by molar-refractivity contribution is 5.82. The van der Waals surface area contributed by atoms with Crippen LogP contribution >= 0.6 is 0 Å². The fourth-order valence-corrected chi connectivity index (χ4v) is 2.35. The molecule has 1 N–H and O–H groups in total. The molecule has 0 amide bonds. The Hall–Kier alpha value is -1.35. The van der Waals surface area contributed by atoms with E-state index in [0.29, 0.717) is 11.9 Å². The summed E-state index contributed by atoms with van der Waals surface area (Å²) in [6, 6.07) is 7.24. The number of nitrogens with zero attached hydrogens (tertiary/aromatic N) is 1. The lowest BCUT2D eigenvalue weighted by Crippen LogP contribution is -2.12. The largest absolute Gasteiger partial charge is 0.393 e. The summed E-state index contributed by atoms with van der Waals surface area (Å²) in [5, 5.41) is 10.4. The van der Waals surface area contributed by atoms with Gasteiger partial charge in [-0.2, -0.15) is 0 Å². The number of aromatic nitrogens is 1. The molecule has 3 heteroatoms. The van der Waals surface area contributed by atoms with Gasteiger partial charge in [0.05, 0.1) is 11.6 Å². The molecule has 0 bridgehead atoms. The SMILES string of the molecule is CC(O)Cc1cc2cccc(F)c2n1C(C)C. The van der Waals surface area contributed by atoms with Crippen LogP contribution in [0.25, 0.3) is 10.9 Å². The summed E-state index contributed by atoms with van der Waals surface area (Å²) in [5.41, 5.74) is 1.62. The monoisotopic (exact) mass is 235 g/mol. The van der Waals surface area contributed by atoms with Gasteiger partial charge < -0.3 is 9.67 Å². The van der Waals surface area contributed by atoms with Crippen LogP contribution in [-0.2, 0) is 6.42 Å². The fraction of sp³-hybridized carbons (Fsp3) is 0.429. The lowest BCUT2D eigenvalue weighted by Gasteiger charge is -2.15. The van der Waals surface area contributed by atoms with E-state index in [-0.39, 0.29) is 11.9 Å². The third-order valence-electron chi connectivity index (χ3n) is 2.91. The quantitative estimate of drug-likeness (QED) is 0.867. The molecule has 0 saturated carbocycles. The molecule has 2 aromatic rings. The third-order valence-corrected chi connectivity index (χ3v) is 2.91. The number of hydrogen-bond acceptors (Lipinski definition) is 1. The first kappa shape index (κ1) is 12.1. The number of aliphatic hydroxyl groups is 1.